The highest BCUT2D eigenvalue weighted by molar-refractivity contribution is 7.92. The number of sulfone groups is 1. The van der Waals surface area contributed by atoms with E-state index in [2.05, 4.69) is 5.32 Å². The van der Waals surface area contributed by atoms with Gasteiger partial charge in [-0.25, -0.2) is 8.42 Å². The second kappa shape index (κ2) is 6.68. The van der Waals surface area contributed by atoms with E-state index in [1.165, 1.54) is 6.92 Å². The Morgan fingerprint density at radius 3 is 2.37 bits per heavy atom. The average Bonchev–Trinajstić information content (AvgIpc) is 2.37. The fourth-order valence-corrected chi connectivity index (χ4v) is 2.06. The summed E-state index contributed by atoms with van der Waals surface area (Å²) in [6.07, 6.45) is 1.63. The second-order valence-electron chi connectivity index (χ2n) is 4.60. The molecule has 0 radical (unpaired) electrons. The zero-order chi connectivity index (χ0) is 14.5. The zero-order valence-corrected chi connectivity index (χ0v) is 12.0. The third kappa shape index (κ3) is 5.00. The van der Waals surface area contributed by atoms with Crippen molar-refractivity contribution in [1.29, 1.82) is 0 Å². The van der Waals surface area contributed by atoms with E-state index >= 15 is 0 Å². The molecular weight excluding hydrogens is 264 g/mol. The Hall–Kier alpha value is -1.40. The molecular formula is C13H20N2O3S. The minimum absolute atomic E-state index is 0.261. The Morgan fingerprint density at radius 1 is 1.32 bits per heavy atom. The van der Waals surface area contributed by atoms with Gasteiger partial charge in [-0.15, -0.1) is 0 Å². The molecule has 0 heterocycles. The zero-order valence-electron chi connectivity index (χ0n) is 11.2. The molecule has 1 aromatic rings. The molecule has 0 aromatic heterocycles. The van der Waals surface area contributed by atoms with Gasteiger partial charge in [-0.2, -0.15) is 0 Å². The second-order valence-corrected chi connectivity index (χ2v) is 6.97. The minimum Gasteiger partial charge on any atom is -0.351 e. The van der Waals surface area contributed by atoms with Crippen LogP contribution in [-0.4, -0.2) is 38.4 Å². The van der Waals surface area contributed by atoms with E-state index in [4.69, 9.17) is 5.73 Å². The fourth-order valence-electron chi connectivity index (χ4n) is 1.60. The molecule has 19 heavy (non-hydrogen) atoms. The summed E-state index contributed by atoms with van der Waals surface area (Å²) in [5.41, 5.74) is 6.66. The van der Waals surface area contributed by atoms with Crippen LogP contribution in [0, 0.1) is 0 Å². The molecule has 2 unspecified atom stereocenters. The summed E-state index contributed by atoms with van der Waals surface area (Å²) >= 11 is 0. The van der Waals surface area contributed by atoms with Crippen LogP contribution in [0.1, 0.15) is 12.5 Å². The van der Waals surface area contributed by atoms with Crippen LogP contribution in [0.15, 0.2) is 30.3 Å². The first kappa shape index (κ1) is 15.7. The number of benzene rings is 1. The van der Waals surface area contributed by atoms with Gasteiger partial charge in [-0.3, -0.25) is 4.79 Å². The highest BCUT2D eigenvalue weighted by atomic mass is 32.2. The Kier molecular flexibility index (Phi) is 5.50. The lowest BCUT2D eigenvalue weighted by atomic mass is 10.1. The van der Waals surface area contributed by atoms with E-state index in [-0.39, 0.29) is 12.6 Å². The lowest BCUT2D eigenvalue weighted by Crippen LogP contribution is -2.47. The van der Waals surface area contributed by atoms with Crippen molar-refractivity contribution in [2.45, 2.75) is 24.6 Å². The number of rotatable bonds is 6. The number of carbonyl (C=O) groups excluding carboxylic acids is 1. The molecule has 1 aromatic carbocycles. The van der Waals surface area contributed by atoms with Gasteiger partial charge in [0.2, 0.25) is 5.91 Å². The maximum absolute atomic E-state index is 11.8. The average molecular weight is 284 g/mol. The quantitative estimate of drug-likeness (QED) is 0.775. The van der Waals surface area contributed by atoms with Crippen LogP contribution in [0.4, 0.5) is 0 Å². The lowest BCUT2D eigenvalue weighted by Gasteiger charge is -2.19. The van der Waals surface area contributed by atoms with Gasteiger partial charge in [-0.05, 0) is 18.9 Å². The first-order valence-electron chi connectivity index (χ1n) is 6.08. The van der Waals surface area contributed by atoms with Crippen LogP contribution >= 0.6 is 0 Å². The van der Waals surface area contributed by atoms with Gasteiger partial charge < -0.3 is 11.1 Å². The van der Waals surface area contributed by atoms with Gasteiger partial charge in [0.15, 0.2) is 9.84 Å². The first-order valence-corrected chi connectivity index (χ1v) is 8.03. The molecule has 0 spiro atoms. The van der Waals surface area contributed by atoms with Gasteiger partial charge in [0.25, 0.3) is 0 Å². The Bertz CT molecular complexity index is 514. The molecule has 0 aliphatic heterocycles. The van der Waals surface area contributed by atoms with Gasteiger partial charge >= 0.3 is 0 Å². The molecule has 106 valence electrons. The Balaban J connectivity index is 2.65. The third-order valence-electron chi connectivity index (χ3n) is 2.97. The van der Waals surface area contributed by atoms with Gasteiger partial charge in [0.05, 0.1) is 0 Å². The van der Waals surface area contributed by atoms with E-state index in [1.54, 1.807) is 0 Å². The molecule has 1 rings (SSSR count). The molecule has 0 aliphatic rings. The van der Waals surface area contributed by atoms with Crippen LogP contribution in [0.25, 0.3) is 0 Å². The number of nitrogens with one attached hydrogen (secondary N) is 1. The van der Waals surface area contributed by atoms with Crippen molar-refractivity contribution < 1.29 is 13.2 Å². The Morgan fingerprint density at radius 2 is 1.89 bits per heavy atom. The third-order valence-corrected chi connectivity index (χ3v) is 4.47. The van der Waals surface area contributed by atoms with Crippen LogP contribution in [0.5, 0.6) is 0 Å². The number of carbonyl (C=O) groups is 1. The molecule has 5 nitrogen and oxygen atoms in total. The summed E-state index contributed by atoms with van der Waals surface area (Å²) in [5, 5.41) is 1.62. The van der Waals surface area contributed by atoms with Gasteiger partial charge in [0.1, 0.15) is 5.25 Å². The van der Waals surface area contributed by atoms with Crippen LogP contribution in [0.3, 0.4) is 0 Å². The van der Waals surface area contributed by atoms with Crippen molar-refractivity contribution in [2.24, 2.45) is 5.73 Å². The predicted octanol–water partition coefficient (Wildman–Crippen LogP) is 0.106. The molecule has 0 fully saturated rings. The molecule has 2 atom stereocenters. The topological polar surface area (TPSA) is 89.3 Å². The number of nitrogens with two attached hydrogens (primary N) is 1. The van der Waals surface area contributed by atoms with Crippen molar-refractivity contribution in [3.8, 4) is 0 Å². The van der Waals surface area contributed by atoms with Crippen molar-refractivity contribution in [3.63, 3.8) is 0 Å². The summed E-state index contributed by atoms with van der Waals surface area (Å²) in [6.45, 7) is 1.64. The van der Waals surface area contributed by atoms with Crippen molar-refractivity contribution in [2.75, 3.05) is 12.8 Å². The van der Waals surface area contributed by atoms with E-state index in [0.29, 0.717) is 6.42 Å². The van der Waals surface area contributed by atoms with Crippen LogP contribution < -0.4 is 11.1 Å². The van der Waals surface area contributed by atoms with Crippen LogP contribution in [0.2, 0.25) is 0 Å². The summed E-state index contributed by atoms with van der Waals surface area (Å²) < 4.78 is 22.6. The highest BCUT2D eigenvalue weighted by Gasteiger charge is 2.25. The number of hydrogen-bond acceptors (Lipinski definition) is 4. The maximum atomic E-state index is 11.8. The summed E-state index contributed by atoms with van der Waals surface area (Å²) in [6, 6.07) is 9.34. The van der Waals surface area contributed by atoms with Crippen molar-refractivity contribution in [1.82, 2.24) is 5.32 Å². The molecule has 3 N–H and O–H groups in total. The van der Waals surface area contributed by atoms with E-state index in [0.717, 1.165) is 11.8 Å². The van der Waals surface area contributed by atoms with E-state index in [9.17, 15) is 13.2 Å². The molecule has 0 saturated heterocycles. The largest absolute Gasteiger partial charge is 0.351 e. The molecule has 1 amide bonds. The standard InChI is InChI=1S/C13H20N2O3S/c1-10(19(2,17)18)13(16)15-12(9-14)8-11-6-4-3-5-7-11/h3-7,10,12H,8-9,14H2,1-2H3,(H,15,16). The predicted molar refractivity (Wildman–Crippen MR) is 75.4 cm³/mol. The van der Waals surface area contributed by atoms with Crippen molar-refractivity contribution >= 4 is 15.7 Å². The lowest BCUT2D eigenvalue weighted by molar-refractivity contribution is -0.121. The summed E-state index contributed by atoms with van der Waals surface area (Å²) in [7, 11) is -3.38. The monoisotopic (exact) mass is 284 g/mol. The SMILES string of the molecule is CC(C(=O)NC(CN)Cc1ccccc1)S(C)(=O)=O. The fraction of sp³-hybridized carbons (Fsp3) is 0.462. The molecule has 0 aliphatic carbocycles. The number of amides is 1. The minimum atomic E-state index is -3.38. The normalized spacial score (nSPS) is 14.7. The van der Waals surface area contributed by atoms with E-state index < -0.39 is 21.0 Å². The smallest absolute Gasteiger partial charge is 0.238 e. The number of hydrogen-bond donors (Lipinski definition) is 2. The van der Waals surface area contributed by atoms with Gasteiger partial charge in [0, 0.05) is 18.8 Å². The van der Waals surface area contributed by atoms with Gasteiger partial charge in [-0.1, -0.05) is 30.3 Å². The highest BCUT2D eigenvalue weighted by Crippen LogP contribution is 2.04. The first-order chi connectivity index (χ1) is 8.84. The Labute approximate surface area is 114 Å². The molecule has 0 bridgehead atoms. The molecule has 6 heteroatoms. The van der Waals surface area contributed by atoms with E-state index in [1.807, 2.05) is 30.3 Å². The molecule has 0 saturated carbocycles. The summed E-state index contributed by atoms with van der Waals surface area (Å²) in [5.74, 6) is -0.506. The van der Waals surface area contributed by atoms with Crippen LogP contribution in [-0.2, 0) is 21.1 Å². The summed E-state index contributed by atoms with van der Waals surface area (Å²) in [4.78, 5) is 11.8. The van der Waals surface area contributed by atoms with Crippen molar-refractivity contribution in [3.05, 3.63) is 35.9 Å². The maximum Gasteiger partial charge on any atom is 0.238 e.